The first-order chi connectivity index (χ1) is 14.4. The maximum absolute atomic E-state index is 12.5. The Kier molecular flexibility index (Phi) is 5.30. The van der Waals surface area contributed by atoms with Gasteiger partial charge in [0.2, 0.25) is 0 Å². The fourth-order valence-corrected chi connectivity index (χ4v) is 3.87. The second-order valence-corrected chi connectivity index (χ2v) is 7.87. The summed E-state index contributed by atoms with van der Waals surface area (Å²) in [4.78, 5) is 40.1. The first-order valence-electron chi connectivity index (χ1n) is 8.62. The number of aromatic nitrogens is 1. The quantitative estimate of drug-likeness (QED) is 0.273. The first-order valence-corrected chi connectivity index (χ1v) is 9.81. The molecule has 0 bridgehead atoms. The Morgan fingerprint density at radius 2 is 2.07 bits per heavy atom. The monoisotopic (exact) mass is 441 g/mol. The summed E-state index contributed by atoms with van der Waals surface area (Å²) in [5.41, 5.74) is 0.150. The number of thiazole rings is 1. The zero-order chi connectivity index (χ0) is 21.3. The number of carbonyl (C=O) groups excluding carboxylic acids is 1. The summed E-state index contributed by atoms with van der Waals surface area (Å²) >= 11 is 7.16. The molecule has 4 aromatic rings. The van der Waals surface area contributed by atoms with Gasteiger partial charge in [0.1, 0.15) is 11.1 Å². The summed E-state index contributed by atoms with van der Waals surface area (Å²) in [5.74, 6) is -0.651. The number of halogens is 1. The molecule has 30 heavy (non-hydrogen) atoms. The second-order valence-electron chi connectivity index (χ2n) is 6.32. The minimum atomic E-state index is -0.768. The molecule has 2 aromatic carbocycles. The molecule has 2 aromatic heterocycles. The number of nitrogens with zero attached hydrogens (tertiary/aromatic N) is 2. The van der Waals surface area contributed by atoms with E-state index in [1.54, 1.807) is 36.5 Å². The van der Waals surface area contributed by atoms with Gasteiger partial charge in [-0.15, -0.1) is 11.3 Å². The van der Waals surface area contributed by atoms with E-state index in [0.29, 0.717) is 27.5 Å². The number of hydrogen-bond acceptors (Lipinski definition) is 7. The zero-order valence-electron chi connectivity index (χ0n) is 15.1. The average molecular weight is 442 g/mol. The Balaban J connectivity index is 1.52. The molecule has 0 unspecified atom stereocenters. The van der Waals surface area contributed by atoms with Gasteiger partial charge in [-0.05, 0) is 29.8 Å². The molecular weight excluding hydrogens is 430 g/mol. The molecular formula is C20H12ClN3O5S. The number of benzene rings is 2. The first kappa shape index (κ1) is 19.7. The Hall–Kier alpha value is -3.56. The molecule has 0 saturated heterocycles. The van der Waals surface area contributed by atoms with E-state index in [1.165, 1.54) is 29.5 Å². The summed E-state index contributed by atoms with van der Waals surface area (Å²) in [6, 6.07) is 12.5. The lowest BCUT2D eigenvalue weighted by molar-refractivity contribution is -0.384. The number of hydrogen-bond donors (Lipinski definition) is 1. The van der Waals surface area contributed by atoms with Crippen molar-refractivity contribution in [3.63, 3.8) is 0 Å². The third-order valence-corrected chi connectivity index (χ3v) is 5.36. The number of anilines is 1. The summed E-state index contributed by atoms with van der Waals surface area (Å²) < 4.78 is 5.17. The fraction of sp³-hybridized carbons (Fsp3) is 0.0500. The van der Waals surface area contributed by atoms with Gasteiger partial charge in [0.15, 0.2) is 5.13 Å². The highest BCUT2D eigenvalue weighted by molar-refractivity contribution is 7.15. The lowest BCUT2D eigenvalue weighted by atomic mass is 10.1. The van der Waals surface area contributed by atoms with Crippen molar-refractivity contribution in [3.8, 4) is 0 Å². The molecule has 0 aliphatic rings. The van der Waals surface area contributed by atoms with Crippen LogP contribution in [-0.2, 0) is 6.42 Å². The molecule has 0 atom stereocenters. The van der Waals surface area contributed by atoms with Crippen molar-refractivity contribution in [2.45, 2.75) is 6.42 Å². The average Bonchev–Trinajstić information content (AvgIpc) is 3.14. The second kappa shape index (κ2) is 8.05. The zero-order valence-corrected chi connectivity index (χ0v) is 16.7. The van der Waals surface area contributed by atoms with Gasteiger partial charge in [-0.1, -0.05) is 23.7 Å². The van der Waals surface area contributed by atoms with Gasteiger partial charge in [-0.2, -0.15) is 0 Å². The third-order valence-electron chi connectivity index (χ3n) is 4.21. The van der Waals surface area contributed by atoms with E-state index in [2.05, 4.69) is 10.3 Å². The summed E-state index contributed by atoms with van der Waals surface area (Å²) in [7, 11) is 0. The molecule has 0 saturated carbocycles. The van der Waals surface area contributed by atoms with Crippen LogP contribution in [-0.4, -0.2) is 15.8 Å². The van der Waals surface area contributed by atoms with Gasteiger partial charge < -0.3 is 4.42 Å². The number of rotatable bonds is 5. The number of amides is 1. The van der Waals surface area contributed by atoms with Gasteiger partial charge in [0.25, 0.3) is 11.6 Å². The summed E-state index contributed by atoms with van der Waals surface area (Å²) in [5, 5.41) is 14.8. The van der Waals surface area contributed by atoms with Crippen LogP contribution in [0.1, 0.15) is 20.8 Å². The summed E-state index contributed by atoms with van der Waals surface area (Å²) in [6.07, 6.45) is 1.99. The van der Waals surface area contributed by atoms with E-state index in [-0.39, 0.29) is 11.3 Å². The molecule has 0 fully saturated rings. The molecule has 150 valence electrons. The molecule has 0 aliphatic carbocycles. The molecule has 10 heteroatoms. The van der Waals surface area contributed by atoms with Crippen LogP contribution in [0.5, 0.6) is 0 Å². The molecule has 1 N–H and O–H groups in total. The van der Waals surface area contributed by atoms with Gasteiger partial charge in [0.05, 0.1) is 4.92 Å². The van der Waals surface area contributed by atoms with E-state index in [4.69, 9.17) is 16.0 Å². The SMILES string of the molecule is O=C(Nc1ncc(Cc2cccc([N+](=O)[O-])c2)s1)c1cc2cc(Cl)ccc2oc1=O. The predicted octanol–water partition coefficient (Wildman–Crippen LogP) is 4.65. The molecule has 1 amide bonds. The van der Waals surface area contributed by atoms with Crippen molar-refractivity contribution in [3.05, 3.63) is 96.3 Å². The van der Waals surface area contributed by atoms with Crippen LogP contribution in [0.15, 0.2) is 63.9 Å². The van der Waals surface area contributed by atoms with Crippen LogP contribution in [0.3, 0.4) is 0 Å². The van der Waals surface area contributed by atoms with Crippen LogP contribution < -0.4 is 10.9 Å². The van der Waals surface area contributed by atoms with E-state index < -0.39 is 16.5 Å². The highest BCUT2D eigenvalue weighted by Crippen LogP contribution is 2.24. The molecule has 0 aliphatic heterocycles. The van der Waals surface area contributed by atoms with E-state index >= 15 is 0 Å². The molecule has 0 radical (unpaired) electrons. The van der Waals surface area contributed by atoms with Gasteiger partial charge in [-0.3, -0.25) is 20.2 Å². The number of non-ortho nitro benzene ring substituents is 1. The van der Waals surface area contributed by atoms with Crippen LogP contribution in [0.4, 0.5) is 10.8 Å². The normalized spacial score (nSPS) is 10.8. The van der Waals surface area contributed by atoms with Crippen molar-refractivity contribution in [1.29, 1.82) is 0 Å². The maximum Gasteiger partial charge on any atom is 0.349 e. The number of nitrogens with one attached hydrogen (secondary N) is 1. The fourth-order valence-electron chi connectivity index (χ4n) is 2.85. The largest absolute Gasteiger partial charge is 0.422 e. The van der Waals surface area contributed by atoms with Gasteiger partial charge in [0, 0.05) is 40.0 Å². The van der Waals surface area contributed by atoms with Crippen molar-refractivity contribution in [1.82, 2.24) is 4.98 Å². The lowest BCUT2D eigenvalue weighted by Crippen LogP contribution is -2.20. The minimum Gasteiger partial charge on any atom is -0.422 e. The molecule has 8 nitrogen and oxygen atoms in total. The van der Waals surface area contributed by atoms with E-state index in [9.17, 15) is 19.7 Å². The van der Waals surface area contributed by atoms with Crippen LogP contribution in [0.25, 0.3) is 11.0 Å². The number of fused-ring (bicyclic) bond motifs is 1. The Morgan fingerprint density at radius 1 is 1.23 bits per heavy atom. The summed E-state index contributed by atoms with van der Waals surface area (Å²) in [6.45, 7) is 0. The maximum atomic E-state index is 12.5. The van der Waals surface area contributed by atoms with E-state index in [0.717, 1.165) is 10.4 Å². The minimum absolute atomic E-state index is 0.00803. The lowest BCUT2D eigenvalue weighted by Gasteiger charge is -2.03. The van der Waals surface area contributed by atoms with Crippen molar-refractivity contribution >= 4 is 50.6 Å². The third kappa shape index (κ3) is 4.22. The van der Waals surface area contributed by atoms with Crippen LogP contribution in [0.2, 0.25) is 5.02 Å². The predicted molar refractivity (Wildman–Crippen MR) is 113 cm³/mol. The Bertz CT molecular complexity index is 1350. The molecule has 4 rings (SSSR count). The van der Waals surface area contributed by atoms with Crippen molar-refractivity contribution in [2.75, 3.05) is 5.32 Å². The number of nitro benzene ring substituents is 1. The van der Waals surface area contributed by atoms with E-state index in [1.807, 2.05) is 0 Å². The standard InChI is InChI=1S/C20H12ClN3O5S/c21-13-4-5-17-12(8-13)9-16(19(26)29-17)18(25)23-20-22-10-15(30-20)7-11-2-1-3-14(6-11)24(27)28/h1-6,8-10H,7H2,(H,22,23,25). The highest BCUT2D eigenvalue weighted by atomic mass is 35.5. The Labute approximate surface area is 177 Å². The smallest absolute Gasteiger partial charge is 0.349 e. The van der Waals surface area contributed by atoms with Crippen LogP contribution in [0, 0.1) is 10.1 Å². The molecule has 0 spiro atoms. The van der Waals surface area contributed by atoms with Gasteiger partial charge >= 0.3 is 5.63 Å². The van der Waals surface area contributed by atoms with Gasteiger partial charge in [-0.25, -0.2) is 9.78 Å². The topological polar surface area (TPSA) is 115 Å². The number of nitro groups is 1. The Morgan fingerprint density at radius 3 is 2.87 bits per heavy atom. The molecule has 2 heterocycles. The van der Waals surface area contributed by atoms with Crippen molar-refractivity contribution < 1.29 is 14.1 Å². The highest BCUT2D eigenvalue weighted by Gasteiger charge is 2.16. The number of carbonyl (C=O) groups is 1. The van der Waals surface area contributed by atoms with Crippen LogP contribution >= 0.6 is 22.9 Å². The van der Waals surface area contributed by atoms with Crippen molar-refractivity contribution in [2.24, 2.45) is 0 Å².